The number of piperidine rings is 1. The molecule has 1 heterocycles. The van der Waals surface area contributed by atoms with Crippen LogP contribution >= 0.6 is 0 Å². The Labute approximate surface area is 137 Å². The van der Waals surface area contributed by atoms with Crippen molar-refractivity contribution in [2.45, 2.75) is 51.2 Å². The summed E-state index contributed by atoms with van der Waals surface area (Å²) in [6.45, 7) is 5.01. The summed E-state index contributed by atoms with van der Waals surface area (Å²) in [5.41, 5.74) is 0.433. The Balaban J connectivity index is 1.65. The van der Waals surface area contributed by atoms with Crippen LogP contribution in [0.1, 0.15) is 50.7 Å². The molecule has 0 spiro atoms. The van der Waals surface area contributed by atoms with Crippen LogP contribution in [0.15, 0.2) is 24.3 Å². The fourth-order valence-electron chi connectivity index (χ4n) is 3.08. The molecule has 1 saturated heterocycles. The van der Waals surface area contributed by atoms with Crippen LogP contribution in [0.3, 0.4) is 0 Å². The highest BCUT2D eigenvalue weighted by atomic mass is 19.1. The average Bonchev–Trinajstić information content (AvgIpc) is 2.53. The van der Waals surface area contributed by atoms with Gasteiger partial charge in [-0.25, -0.2) is 4.39 Å². The summed E-state index contributed by atoms with van der Waals surface area (Å²) in [5, 5.41) is 12.8. The normalized spacial score (nSPS) is 20.2. The molecule has 1 fully saturated rings. The van der Waals surface area contributed by atoms with Crippen molar-refractivity contribution in [1.29, 1.82) is 0 Å². The fourth-order valence-corrected chi connectivity index (χ4v) is 3.08. The van der Waals surface area contributed by atoms with E-state index in [2.05, 4.69) is 17.1 Å². The molecule has 5 heteroatoms. The van der Waals surface area contributed by atoms with E-state index < -0.39 is 11.9 Å². The third kappa shape index (κ3) is 5.92. The van der Waals surface area contributed by atoms with Crippen molar-refractivity contribution < 1.29 is 14.3 Å². The third-order valence-electron chi connectivity index (χ3n) is 4.50. The number of halogens is 1. The largest absolute Gasteiger partial charge is 0.388 e. The molecule has 23 heavy (non-hydrogen) atoms. The van der Waals surface area contributed by atoms with Crippen LogP contribution in [0.2, 0.25) is 0 Å². The Bertz CT molecular complexity index is 510. The van der Waals surface area contributed by atoms with Crippen molar-refractivity contribution in [2.24, 2.45) is 0 Å². The van der Waals surface area contributed by atoms with Gasteiger partial charge in [0.25, 0.3) is 0 Å². The molecule has 2 N–H and O–H groups in total. The monoisotopic (exact) mass is 322 g/mol. The van der Waals surface area contributed by atoms with Gasteiger partial charge in [-0.15, -0.1) is 0 Å². The summed E-state index contributed by atoms with van der Waals surface area (Å²) >= 11 is 0. The van der Waals surface area contributed by atoms with Gasteiger partial charge in [-0.2, -0.15) is 0 Å². The van der Waals surface area contributed by atoms with E-state index in [0.29, 0.717) is 18.2 Å². The average molecular weight is 322 g/mol. The van der Waals surface area contributed by atoms with Crippen LogP contribution in [0.4, 0.5) is 4.39 Å². The molecule has 0 radical (unpaired) electrons. The summed E-state index contributed by atoms with van der Waals surface area (Å²) in [6, 6.07) is 6.37. The zero-order valence-electron chi connectivity index (χ0n) is 13.8. The van der Waals surface area contributed by atoms with E-state index in [1.807, 2.05) is 0 Å². The second-order valence-electron chi connectivity index (χ2n) is 6.36. The summed E-state index contributed by atoms with van der Waals surface area (Å²) in [7, 11) is 0. The molecule has 1 aromatic rings. The highest BCUT2D eigenvalue weighted by molar-refractivity contribution is 5.76. The fraction of sp³-hybridized carbons (Fsp3) is 0.611. The Kier molecular flexibility index (Phi) is 6.99. The third-order valence-corrected chi connectivity index (χ3v) is 4.50. The van der Waals surface area contributed by atoms with Gasteiger partial charge in [0.1, 0.15) is 5.82 Å². The van der Waals surface area contributed by atoms with Crippen LogP contribution in [-0.2, 0) is 4.79 Å². The number of aliphatic hydroxyl groups excluding tert-OH is 1. The van der Waals surface area contributed by atoms with Crippen molar-refractivity contribution in [1.82, 2.24) is 10.2 Å². The maximum Gasteiger partial charge on any atom is 0.222 e. The van der Waals surface area contributed by atoms with Gasteiger partial charge in [0.15, 0.2) is 0 Å². The van der Waals surface area contributed by atoms with E-state index in [1.54, 1.807) is 6.07 Å². The zero-order chi connectivity index (χ0) is 16.7. The second kappa shape index (κ2) is 8.99. The molecule has 0 aliphatic carbocycles. The molecule has 0 bridgehead atoms. The number of likely N-dealkylation sites (tertiary alicyclic amines) is 1. The number of hydrogen-bond acceptors (Lipinski definition) is 3. The van der Waals surface area contributed by atoms with Crippen LogP contribution < -0.4 is 5.32 Å². The number of rotatable bonds is 7. The van der Waals surface area contributed by atoms with Gasteiger partial charge in [-0.05, 0) is 50.4 Å². The van der Waals surface area contributed by atoms with Crippen LogP contribution in [0.25, 0.3) is 0 Å². The van der Waals surface area contributed by atoms with Crippen LogP contribution in [0, 0.1) is 5.82 Å². The SMILES string of the molecule is CC1CCCCN1CCCNC(=O)CC(O)c1cccc(F)c1. The summed E-state index contributed by atoms with van der Waals surface area (Å²) in [5.74, 6) is -0.605. The number of amides is 1. The molecule has 0 aromatic heterocycles. The zero-order valence-corrected chi connectivity index (χ0v) is 13.8. The molecule has 1 aromatic carbocycles. The van der Waals surface area contributed by atoms with Crippen molar-refractivity contribution in [3.63, 3.8) is 0 Å². The van der Waals surface area contributed by atoms with Gasteiger partial charge in [-0.1, -0.05) is 18.6 Å². The number of hydrogen-bond donors (Lipinski definition) is 2. The first-order valence-electron chi connectivity index (χ1n) is 8.50. The Morgan fingerprint density at radius 3 is 3.04 bits per heavy atom. The number of nitrogens with zero attached hydrogens (tertiary/aromatic N) is 1. The van der Waals surface area contributed by atoms with Gasteiger partial charge in [0, 0.05) is 19.1 Å². The van der Waals surface area contributed by atoms with Crippen molar-refractivity contribution >= 4 is 5.91 Å². The summed E-state index contributed by atoms with van der Waals surface area (Å²) in [6.07, 6.45) is 3.73. The van der Waals surface area contributed by atoms with E-state index in [0.717, 1.165) is 19.5 Å². The second-order valence-corrected chi connectivity index (χ2v) is 6.36. The molecular weight excluding hydrogens is 295 g/mol. The Morgan fingerprint density at radius 2 is 2.30 bits per heavy atom. The molecule has 2 rings (SSSR count). The van der Waals surface area contributed by atoms with E-state index in [-0.39, 0.29) is 12.3 Å². The molecule has 4 nitrogen and oxygen atoms in total. The van der Waals surface area contributed by atoms with Crippen molar-refractivity contribution in [3.8, 4) is 0 Å². The van der Waals surface area contributed by atoms with Gasteiger partial charge in [0.05, 0.1) is 12.5 Å². The summed E-state index contributed by atoms with van der Waals surface area (Å²) < 4.78 is 13.1. The number of carbonyl (C=O) groups is 1. The van der Waals surface area contributed by atoms with E-state index in [1.165, 1.54) is 37.5 Å². The van der Waals surface area contributed by atoms with Crippen LogP contribution in [0.5, 0.6) is 0 Å². The van der Waals surface area contributed by atoms with Gasteiger partial charge >= 0.3 is 0 Å². The van der Waals surface area contributed by atoms with Gasteiger partial charge < -0.3 is 15.3 Å². The minimum atomic E-state index is -0.965. The maximum absolute atomic E-state index is 13.1. The van der Waals surface area contributed by atoms with Crippen molar-refractivity contribution in [3.05, 3.63) is 35.6 Å². The van der Waals surface area contributed by atoms with E-state index in [4.69, 9.17) is 0 Å². The molecule has 2 unspecified atom stereocenters. The Hall–Kier alpha value is -1.46. The standard InChI is InChI=1S/C18H27FN2O2/c1-14-6-2-3-10-21(14)11-5-9-20-18(23)13-17(22)15-7-4-8-16(19)12-15/h4,7-8,12,14,17,22H,2-3,5-6,9-11,13H2,1H3,(H,20,23). The lowest BCUT2D eigenvalue weighted by Crippen LogP contribution is -2.39. The van der Waals surface area contributed by atoms with Gasteiger partial charge in [-0.3, -0.25) is 4.79 Å². The van der Waals surface area contributed by atoms with Crippen molar-refractivity contribution in [2.75, 3.05) is 19.6 Å². The highest BCUT2D eigenvalue weighted by Crippen LogP contribution is 2.18. The van der Waals surface area contributed by atoms with Crippen LogP contribution in [-0.4, -0.2) is 41.6 Å². The Morgan fingerprint density at radius 1 is 1.48 bits per heavy atom. The molecule has 1 aliphatic rings. The maximum atomic E-state index is 13.1. The molecule has 128 valence electrons. The summed E-state index contributed by atoms with van der Waals surface area (Å²) in [4.78, 5) is 14.3. The molecule has 0 saturated carbocycles. The number of aliphatic hydroxyl groups is 1. The molecule has 1 amide bonds. The van der Waals surface area contributed by atoms with Gasteiger partial charge in [0.2, 0.25) is 5.91 Å². The predicted octanol–water partition coefficient (Wildman–Crippen LogP) is 2.63. The number of carbonyl (C=O) groups excluding carboxylic acids is 1. The van der Waals surface area contributed by atoms with E-state index >= 15 is 0 Å². The molecule has 1 aliphatic heterocycles. The lowest BCUT2D eigenvalue weighted by atomic mass is 10.0. The highest BCUT2D eigenvalue weighted by Gasteiger charge is 2.17. The lowest BCUT2D eigenvalue weighted by Gasteiger charge is -2.33. The smallest absolute Gasteiger partial charge is 0.222 e. The topological polar surface area (TPSA) is 52.6 Å². The number of nitrogens with one attached hydrogen (secondary N) is 1. The first-order valence-corrected chi connectivity index (χ1v) is 8.50. The lowest BCUT2D eigenvalue weighted by molar-refractivity contribution is -0.123. The molecule has 2 atom stereocenters. The minimum absolute atomic E-state index is 0.0381. The van der Waals surface area contributed by atoms with E-state index in [9.17, 15) is 14.3 Å². The predicted molar refractivity (Wildman–Crippen MR) is 88.5 cm³/mol. The minimum Gasteiger partial charge on any atom is -0.388 e. The first kappa shape index (κ1) is 17.9. The quantitative estimate of drug-likeness (QED) is 0.759. The first-order chi connectivity index (χ1) is 11.1. The molecular formula is C18H27FN2O2. The number of benzene rings is 1.